The molecule has 3 aromatic rings. The molecule has 8 heteroatoms. The van der Waals surface area contributed by atoms with Crippen LogP contribution in [0.5, 0.6) is 0 Å². The largest absolute Gasteiger partial charge is 0.433 e. The number of aromatic nitrogens is 1. The lowest BCUT2D eigenvalue weighted by Gasteiger charge is -2.37. The van der Waals surface area contributed by atoms with E-state index >= 15 is 0 Å². The maximum absolute atomic E-state index is 14.0. The minimum atomic E-state index is -4.50. The van der Waals surface area contributed by atoms with Gasteiger partial charge in [0.1, 0.15) is 17.6 Å². The van der Waals surface area contributed by atoms with E-state index in [4.69, 9.17) is 5.73 Å². The van der Waals surface area contributed by atoms with Gasteiger partial charge in [0.05, 0.1) is 0 Å². The molecule has 2 atom stereocenters. The molecular formula is C26H27F4N3O. The van der Waals surface area contributed by atoms with Crippen LogP contribution >= 0.6 is 0 Å². The number of halogens is 4. The van der Waals surface area contributed by atoms with E-state index < -0.39 is 23.8 Å². The van der Waals surface area contributed by atoms with Gasteiger partial charge in [-0.05, 0) is 60.7 Å². The van der Waals surface area contributed by atoms with E-state index in [1.54, 1.807) is 19.1 Å². The van der Waals surface area contributed by atoms with Crippen LogP contribution in [0.25, 0.3) is 0 Å². The number of carbonyl (C=O) groups excluding carboxylic acids is 1. The number of hydrogen-bond acceptors (Lipinski definition) is 3. The number of likely N-dealkylation sites (N-methyl/N-ethyl adjacent to an activating group) is 1. The number of aryl methyl sites for hydroxylation is 2. The summed E-state index contributed by atoms with van der Waals surface area (Å²) in [5.41, 5.74) is 7.49. The van der Waals surface area contributed by atoms with Crippen molar-refractivity contribution in [2.75, 3.05) is 6.54 Å². The summed E-state index contributed by atoms with van der Waals surface area (Å²) in [5.74, 6) is -0.861. The van der Waals surface area contributed by atoms with Gasteiger partial charge in [0.25, 0.3) is 0 Å². The van der Waals surface area contributed by atoms with Gasteiger partial charge in [-0.15, -0.1) is 0 Å². The summed E-state index contributed by atoms with van der Waals surface area (Å²) in [6, 6.07) is 15.2. The number of rotatable bonds is 9. The normalized spacial score (nSPS) is 13.6. The van der Waals surface area contributed by atoms with E-state index in [0.717, 1.165) is 17.2 Å². The average molecular weight is 474 g/mol. The van der Waals surface area contributed by atoms with Crippen molar-refractivity contribution < 1.29 is 22.4 Å². The zero-order valence-electron chi connectivity index (χ0n) is 19.0. The van der Waals surface area contributed by atoms with Crippen LogP contribution in [0.1, 0.15) is 53.4 Å². The minimum Gasteiger partial charge on any atom is -0.368 e. The van der Waals surface area contributed by atoms with E-state index in [1.807, 2.05) is 42.2 Å². The lowest BCUT2D eigenvalue weighted by molar-refractivity contribution is -0.141. The molecule has 1 aromatic heterocycles. The van der Waals surface area contributed by atoms with Gasteiger partial charge in [0.15, 0.2) is 0 Å². The second kappa shape index (κ2) is 10.8. The highest BCUT2D eigenvalue weighted by Gasteiger charge is 2.33. The first-order valence-electron chi connectivity index (χ1n) is 11.0. The molecule has 2 unspecified atom stereocenters. The van der Waals surface area contributed by atoms with Crippen LogP contribution in [0, 0.1) is 12.7 Å². The average Bonchev–Trinajstić information content (AvgIpc) is 2.80. The molecule has 0 spiro atoms. The minimum absolute atomic E-state index is 0.341. The molecule has 1 heterocycles. The van der Waals surface area contributed by atoms with Gasteiger partial charge in [-0.3, -0.25) is 14.7 Å². The highest BCUT2D eigenvalue weighted by Crippen LogP contribution is 2.35. The fourth-order valence-corrected chi connectivity index (χ4v) is 4.18. The van der Waals surface area contributed by atoms with Gasteiger partial charge < -0.3 is 5.73 Å². The molecule has 180 valence electrons. The number of amides is 1. The third kappa shape index (κ3) is 5.99. The SMILES string of the molecule is CCN(C(CCc1ccc(C(F)(F)F)nc1)c1ccc(F)c(C)c1)C(C(N)=O)c1ccccc1. The molecule has 0 fully saturated rings. The Bertz CT molecular complexity index is 1100. The Hall–Kier alpha value is -3.26. The van der Waals surface area contributed by atoms with Gasteiger partial charge in [-0.2, -0.15) is 13.2 Å². The van der Waals surface area contributed by atoms with Crippen molar-refractivity contribution in [1.82, 2.24) is 9.88 Å². The number of carbonyl (C=O) groups is 1. The first-order chi connectivity index (χ1) is 16.1. The van der Waals surface area contributed by atoms with Crippen LogP contribution in [0.4, 0.5) is 17.6 Å². The molecule has 0 radical (unpaired) electrons. The fraction of sp³-hybridized carbons (Fsp3) is 0.308. The number of primary amides is 1. The second-order valence-corrected chi connectivity index (χ2v) is 8.16. The molecule has 0 bridgehead atoms. The molecular weight excluding hydrogens is 446 g/mol. The summed E-state index contributed by atoms with van der Waals surface area (Å²) >= 11 is 0. The Morgan fingerprint density at radius 2 is 1.76 bits per heavy atom. The fourth-order valence-electron chi connectivity index (χ4n) is 4.18. The Balaban J connectivity index is 1.97. The van der Waals surface area contributed by atoms with Gasteiger partial charge in [-0.25, -0.2) is 4.39 Å². The van der Waals surface area contributed by atoms with E-state index in [2.05, 4.69) is 4.98 Å². The first-order valence-corrected chi connectivity index (χ1v) is 11.0. The maximum Gasteiger partial charge on any atom is 0.433 e. The molecule has 0 aliphatic carbocycles. The monoisotopic (exact) mass is 473 g/mol. The Morgan fingerprint density at radius 3 is 2.29 bits per heavy atom. The first kappa shape index (κ1) is 25.4. The zero-order chi connectivity index (χ0) is 24.9. The predicted molar refractivity (Wildman–Crippen MR) is 122 cm³/mol. The number of nitrogens with two attached hydrogens (primary N) is 1. The molecule has 0 saturated carbocycles. The van der Waals surface area contributed by atoms with Crippen molar-refractivity contribution in [2.24, 2.45) is 5.73 Å². The number of hydrogen-bond donors (Lipinski definition) is 1. The van der Waals surface area contributed by atoms with Crippen LogP contribution in [0.15, 0.2) is 66.9 Å². The summed E-state index contributed by atoms with van der Waals surface area (Å²) in [4.78, 5) is 18.1. The molecule has 1 amide bonds. The molecule has 4 nitrogen and oxygen atoms in total. The summed E-state index contributed by atoms with van der Waals surface area (Å²) < 4.78 is 52.6. The van der Waals surface area contributed by atoms with Crippen LogP contribution < -0.4 is 5.73 Å². The highest BCUT2D eigenvalue weighted by atomic mass is 19.4. The predicted octanol–water partition coefficient (Wildman–Crippen LogP) is 5.77. The van der Waals surface area contributed by atoms with Crippen molar-refractivity contribution >= 4 is 5.91 Å². The van der Waals surface area contributed by atoms with Crippen LogP contribution in [-0.2, 0) is 17.4 Å². The van der Waals surface area contributed by atoms with Gasteiger partial charge in [-0.1, -0.05) is 55.5 Å². The maximum atomic E-state index is 14.0. The van der Waals surface area contributed by atoms with Crippen molar-refractivity contribution in [2.45, 2.75) is 44.9 Å². The Morgan fingerprint density at radius 1 is 1.06 bits per heavy atom. The zero-order valence-corrected chi connectivity index (χ0v) is 19.0. The third-order valence-corrected chi connectivity index (χ3v) is 5.87. The summed E-state index contributed by atoms with van der Waals surface area (Å²) in [6.45, 7) is 4.03. The van der Waals surface area contributed by atoms with E-state index in [-0.39, 0.29) is 11.9 Å². The molecule has 34 heavy (non-hydrogen) atoms. The number of nitrogens with zero attached hydrogens (tertiary/aromatic N) is 2. The van der Waals surface area contributed by atoms with E-state index in [0.29, 0.717) is 30.5 Å². The van der Waals surface area contributed by atoms with Crippen molar-refractivity contribution in [1.29, 1.82) is 0 Å². The van der Waals surface area contributed by atoms with Crippen molar-refractivity contribution in [3.05, 3.63) is 101 Å². The smallest absolute Gasteiger partial charge is 0.368 e. The standard InChI is InChI=1S/C26H27F4N3O/c1-3-33(24(25(31)34)19-7-5-4-6-8-19)22(20-11-12-21(27)17(2)15-20)13-9-18-10-14-23(32-16-18)26(28,29)30/h4-8,10-12,14-16,22,24H,3,9,13H2,1-2H3,(H2,31,34). The van der Waals surface area contributed by atoms with Gasteiger partial charge in [0, 0.05) is 12.2 Å². The van der Waals surface area contributed by atoms with Crippen LogP contribution in [-0.4, -0.2) is 22.3 Å². The highest BCUT2D eigenvalue weighted by molar-refractivity contribution is 5.81. The van der Waals surface area contributed by atoms with Crippen LogP contribution in [0.2, 0.25) is 0 Å². The van der Waals surface area contributed by atoms with Gasteiger partial charge in [0.2, 0.25) is 5.91 Å². The second-order valence-electron chi connectivity index (χ2n) is 8.16. The lowest BCUT2D eigenvalue weighted by atomic mass is 9.93. The number of alkyl halides is 3. The summed E-state index contributed by atoms with van der Waals surface area (Å²) in [6.07, 6.45) is -2.42. The molecule has 0 aliphatic heterocycles. The summed E-state index contributed by atoms with van der Waals surface area (Å²) in [5, 5.41) is 0. The number of benzene rings is 2. The lowest BCUT2D eigenvalue weighted by Crippen LogP contribution is -2.40. The topological polar surface area (TPSA) is 59.2 Å². The van der Waals surface area contributed by atoms with E-state index in [1.165, 1.54) is 18.3 Å². The third-order valence-electron chi connectivity index (χ3n) is 5.87. The van der Waals surface area contributed by atoms with Gasteiger partial charge >= 0.3 is 6.18 Å². The van der Waals surface area contributed by atoms with Crippen molar-refractivity contribution in [3.63, 3.8) is 0 Å². The molecule has 2 N–H and O–H groups in total. The quantitative estimate of drug-likeness (QED) is 0.402. The molecule has 0 aliphatic rings. The Labute approximate surface area is 196 Å². The van der Waals surface area contributed by atoms with Crippen molar-refractivity contribution in [3.8, 4) is 0 Å². The Kier molecular flexibility index (Phi) is 8.04. The molecule has 0 saturated heterocycles. The number of pyridine rings is 1. The van der Waals surface area contributed by atoms with Crippen LogP contribution in [0.3, 0.4) is 0 Å². The van der Waals surface area contributed by atoms with E-state index in [9.17, 15) is 22.4 Å². The molecule has 3 rings (SSSR count). The molecule has 2 aromatic carbocycles. The summed E-state index contributed by atoms with van der Waals surface area (Å²) in [7, 11) is 0.